The molecule has 9 nitrogen and oxygen atoms in total. The van der Waals surface area contributed by atoms with Crippen molar-refractivity contribution in [1.82, 2.24) is 34.6 Å². The Morgan fingerprint density at radius 1 is 1.27 bits per heavy atom. The van der Waals surface area contributed by atoms with Crippen LogP contribution in [0.2, 0.25) is 0 Å². The van der Waals surface area contributed by atoms with Gasteiger partial charge in [-0.25, -0.2) is 9.50 Å². The average Bonchev–Trinajstić information content (AvgIpc) is 3.33. The quantitative estimate of drug-likeness (QED) is 0.584. The summed E-state index contributed by atoms with van der Waals surface area (Å²) in [6, 6.07) is 6.03. The van der Waals surface area contributed by atoms with Crippen LogP contribution < -0.4 is 5.73 Å². The van der Waals surface area contributed by atoms with E-state index in [0.29, 0.717) is 17.2 Å². The summed E-state index contributed by atoms with van der Waals surface area (Å²) < 4.78 is 3.52. The highest BCUT2D eigenvalue weighted by atomic mass is 15.3. The number of nitrogens with two attached hydrogens (primary N) is 1. The van der Waals surface area contributed by atoms with Crippen LogP contribution in [-0.4, -0.2) is 34.6 Å². The summed E-state index contributed by atoms with van der Waals surface area (Å²) in [6.07, 6.45) is 9.88. The number of H-pyrrole nitrogens is 1. The molecule has 1 aliphatic carbocycles. The summed E-state index contributed by atoms with van der Waals surface area (Å²) in [5, 5.41) is 25.1. The Hall–Kier alpha value is -3.67. The van der Waals surface area contributed by atoms with E-state index in [4.69, 9.17) is 10.7 Å². The maximum absolute atomic E-state index is 9.54. The number of aromatic amines is 1. The van der Waals surface area contributed by atoms with Crippen LogP contribution in [-0.2, 0) is 5.54 Å². The molecule has 26 heavy (non-hydrogen) atoms. The standard InChI is InChI=1S/C17H15N9/c18-10-17(3-1-4-17)26-8-11(7-21-26)16-14-2-5-20-25(14)9-13(22-16)12-6-15(19)24-23-12/h2,5-9H,1,3-4H2,(H3,19,23,24). The summed E-state index contributed by atoms with van der Waals surface area (Å²) in [6.45, 7) is 0. The van der Waals surface area contributed by atoms with Gasteiger partial charge in [-0.3, -0.25) is 9.78 Å². The van der Waals surface area contributed by atoms with E-state index in [9.17, 15) is 5.26 Å². The number of nitrogens with zero attached hydrogens (tertiary/aromatic N) is 7. The molecule has 4 aromatic rings. The minimum absolute atomic E-state index is 0.401. The SMILES string of the molecule is N#CC1(n2cc(-c3nc(-c4cc(N)n[nH]4)cn4nccc34)cn2)CCC1. The number of nitrogens with one attached hydrogen (secondary N) is 1. The predicted octanol–water partition coefficient (Wildman–Crippen LogP) is 1.97. The van der Waals surface area contributed by atoms with Gasteiger partial charge in [0.2, 0.25) is 0 Å². The molecule has 0 unspecified atom stereocenters. The van der Waals surface area contributed by atoms with Gasteiger partial charge in [-0.2, -0.15) is 20.6 Å². The number of fused-ring (bicyclic) bond motifs is 1. The average molecular weight is 345 g/mol. The maximum atomic E-state index is 9.54. The van der Waals surface area contributed by atoms with Crippen LogP contribution in [0.5, 0.6) is 0 Å². The van der Waals surface area contributed by atoms with Crippen LogP contribution in [0.25, 0.3) is 28.2 Å². The molecule has 0 atom stereocenters. The lowest BCUT2D eigenvalue weighted by atomic mass is 9.78. The molecule has 0 amide bonds. The van der Waals surface area contributed by atoms with Crippen molar-refractivity contribution < 1.29 is 0 Å². The minimum atomic E-state index is -0.524. The first-order valence-corrected chi connectivity index (χ1v) is 8.31. The van der Waals surface area contributed by atoms with Crippen LogP contribution in [0, 0.1) is 11.3 Å². The molecule has 0 radical (unpaired) electrons. The molecule has 0 saturated heterocycles. The van der Waals surface area contributed by atoms with Crippen molar-refractivity contribution in [2.75, 3.05) is 5.73 Å². The number of hydrogen-bond donors (Lipinski definition) is 2. The summed E-state index contributed by atoms with van der Waals surface area (Å²) >= 11 is 0. The van der Waals surface area contributed by atoms with Gasteiger partial charge in [0.1, 0.15) is 17.1 Å². The fourth-order valence-corrected chi connectivity index (χ4v) is 3.32. The second kappa shape index (κ2) is 5.16. The van der Waals surface area contributed by atoms with E-state index in [1.807, 2.05) is 18.5 Å². The monoisotopic (exact) mass is 345 g/mol. The van der Waals surface area contributed by atoms with Crippen LogP contribution in [0.4, 0.5) is 5.82 Å². The smallest absolute Gasteiger partial charge is 0.148 e. The minimum Gasteiger partial charge on any atom is -0.382 e. The molecule has 9 heteroatoms. The second-order valence-electron chi connectivity index (χ2n) is 6.51. The van der Waals surface area contributed by atoms with E-state index in [2.05, 4.69) is 26.5 Å². The van der Waals surface area contributed by atoms with Crippen molar-refractivity contribution in [3.05, 3.63) is 36.9 Å². The number of nitriles is 1. The highest BCUT2D eigenvalue weighted by Crippen LogP contribution is 2.39. The number of hydrogen-bond acceptors (Lipinski definition) is 6. The maximum Gasteiger partial charge on any atom is 0.148 e. The molecule has 0 aromatic carbocycles. The lowest BCUT2D eigenvalue weighted by Gasteiger charge is -2.35. The molecule has 128 valence electrons. The van der Waals surface area contributed by atoms with Crippen molar-refractivity contribution in [3.8, 4) is 28.7 Å². The Bertz CT molecular complexity index is 1150. The van der Waals surface area contributed by atoms with Gasteiger partial charge in [-0.1, -0.05) is 0 Å². The normalized spacial score (nSPS) is 15.7. The molecule has 5 rings (SSSR count). The summed E-state index contributed by atoms with van der Waals surface area (Å²) in [5.74, 6) is 0.401. The number of nitrogen functional groups attached to an aromatic ring is 1. The Labute approximate surface area is 148 Å². The van der Waals surface area contributed by atoms with Crippen LogP contribution in [0.15, 0.2) is 36.9 Å². The van der Waals surface area contributed by atoms with Gasteiger partial charge in [-0.15, -0.1) is 0 Å². The molecule has 4 aromatic heterocycles. The second-order valence-corrected chi connectivity index (χ2v) is 6.51. The summed E-state index contributed by atoms with van der Waals surface area (Å²) in [5.41, 5.74) is 9.01. The third kappa shape index (κ3) is 2.02. The van der Waals surface area contributed by atoms with Crippen LogP contribution in [0.1, 0.15) is 19.3 Å². The Morgan fingerprint density at radius 2 is 2.15 bits per heavy atom. The van der Waals surface area contributed by atoms with Gasteiger partial charge < -0.3 is 5.73 Å². The van der Waals surface area contributed by atoms with Gasteiger partial charge in [0, 0.05) is 17.8 Å². The molecule has 3 N–H and O–H groups in total. The molecular weight excluding hydrogens is 330 g/mol. The van der Waals surface area contributed by atoms with Gasteiger partial charge in [-0.05, 0) is 25.3 Å². The zero-order valence-electron chi connectivity index (χ0n) is 13.8. The summed E-state index contributed by atoms with van der Waals surface area (Å²) in [7, 11) is 0. The van der Waals surface area contributed by atoms with Crippen LogP contribution >= 0.6 is 0 Å². The van der Waals surface area contributed by atoms with Gasteiger partial charge in [0.15, 0.2) is 0 Å². The molecule has 0 bridgehead atoms. The first-order chi connectivity index (χ1) is 12.7. The Kier molecular flexibility index (Phi) is 2.91. The predicted molar refractivity (Wildman–Crippen MR) is 93.6 cm³/mol. The number of aromatic nitrogens is 7. The number of anilines is 1. The summed E-state index contributed by atoms with van der Waals surface area (Å²) in [4.78, 5) is 4.77. The van der Waals surface area contributed by atoms with Crippen molar-refractivity contribution in [1.29, 1.82) is 5.26 Å². The third-order valence-corrected chi connectivity index (χ3v) is 4.95. The lowest BCUT2D eigenvalue weighted by Crippen LogP contribution is -2.39. The van der Waals surface area contributed by atoms with Gasteiger partial charge in [0.25, 0.3) is 0 Å². The van der Waals surface area contributed by atoms with Crippen LogP contribution in [0.3, 0.4) is 0 Å². The van der Waals surface area contributed by atoms with E-state index >= 15 is 0 Å². The molecular formula is C17H15N9. The zero-order chi connectivity index (χ0) is 17.7. The molecule has 1 fully saturated rings. The topological polar surface area (TPSA) is 126 Å². The zero-order valence-corrected chi connectivity index (χ0v) is 13.8. The first kappa shape index (κ1) is 14.7. The molecule has 4 heterocycles. The third-order valence-electron chi connectivity index (χ3n) is 4.95. The molecule has 1 saturated carbocycles. The van der Waals surface area contributed by atoms with Crippen molar-refractivity contribution in [2.45, 2.75) is 24.8 Å². The van der Waals surface area contributed by atoms with E-state index in [-0.39, 0.29) is 0 Å². The molecule has 1 aliphatic rings. The molecule has 0 aliphatic heterocycles. The van der Waals surface area contributed by atoms with E-state index in [0.717, 1.165) is 36.0 Å². The van der Waals surface area contributed by atoms with E-state index < -0.39 is 5.54 Å². The highest BCUT2D eigenvalue weighted by molar-refractivity contribution is 5.78. The first-order valence-electron chi connectivity index (χ1n) is 8.31. The Balaban J connectivity index is 1.66. The fraction of sp³-hybridized carbons (Fsp3) is 0.235. The highest BCUT2D eigenvalue weighted by Gasteiger charge is 2.40. The van der Waals surface area contributed by atoms with Gasteiger partial charge >= 0.3 is 0 Å². The molecule has 0 spiro atoms. The van der Waals surface area contributed by atoms with Gasteiger partial charge in [0.05, 0.1) is 41.6 Å². The van der Waals surface area contributed by atoms with Crippen molar-refractivity contribution in [3.63, 3.8) is 0 Å². The van der Waals surface area contributed by atoms with Crippen molar-refractivity contribution in [2.24, 2.45) is 0 Å². The Morgan fingerprint density at radius 3 is 2.85 bits per heavy atom. The largest absolute Gasteiger partial charge is 0.382 e. The number of rotatable bonds is 3. The van der Waals surface area contributed by atoms with Crippen molar-refractivity contribution >= 4 is 11.3 Å². The fourth-order valence-electron chi connectivity index (χ4n) is 3.32. The van der Waals surface area contributed by atoms with E-state index in [1.54, 1.807) is 27.7 Å². The van der Waals surface area contributed by atoms with E-state index in [1.165, 1.54) is 0 Å². The lowest BCUT2D eigenvalue weighted by molar-refractivity contribution is 0.197.